The second-order valence-electron chi connectivity index (χ2n) is 6.04. The van der Waals surface area contributed by atoms with E-state index in [0.717, 1.165) is 6.42 Å². The highest BCUT2D eigenvalue weighted by molar-refractivity contribution is 5.81. The Balaban J connectivity index is 1.77. The van der Waals surface area contributed by atoms with Crippen LogP contribution in [0.4, 0.5) is 0 Å². The molecular weight excluding hydrogens is 240 g/mol. The van der Waals surface area contributed by atoms with E-state index in [1.807, 2.05) is 0 Å². The maximum atomic E-state index is 2.46. The Morgan fingerprint density at radius 2 is 1.40 bits per heavy atom. The molecule has 0 nitrogen and oxygen atoms in total. The first-order chi connectivity index (χ1) is 9.93. The minimum Gasteiger partial charge on any atom is -0.0769 e. The van der Waals surface area contributed by atoms with Crippen LogP contribution in [-0.4, -0.2) is 0 Å². The summed E-state index contributed by atoms with van der Waals surface area (Å²) in [6.45, 7) is 0. The molecule has 2 aromatic rings. The number of allylic oxidation sites excluding steroid dienone is 4. The highest BCUT2D eigenvalue weighted by atomic mass is 14.4. The summed E-state index contributed by atoms with van der Waals surface area (Å²) >= 11 is 0. The Kier molecular flexibility index (Phi) is 1.99. The van der Waals surface area contributed by atoms with Crippen LogP contribution in [0.25, 0.3) is 11.1 Å². The molecule has 2 aromatic carbocycles. The van der Waals surface area contributed by atoms with Gasteiger partial charge in [-0.25, -0.2) is 0 Å². The van der Waals surface area contributed by atoms with Gasteiger partial charge < -0.3 is 0 Å². The molecule has 0 bridgehead atoms. The molecule has 5 rings (SSSR count). The summed E-state index contributed by atoms with van der Waals surface area (Å²) in [4.78, 5) is 0. The molecule has 1 fully saturated rings. The van der Waals surface area contributed by atoms with Crippen molar-refractivity contribution in [1.29, 1.82) is 0 Å². The molecule has 0 saturated heterocycles. The summed E-state index contributed by atoms with van der Waals surface area (Å²) in [5.74, 6) is 0.506. The van der Waals surface area contributed by atoms with Gasteiger partial charge in [0.2, 0.25) is 0 Å². The molecule has 0 N–H and O–H groups in total. The third-order valence-corrected chi connectivity index (χ3v) is 5.17. The first-order valence-electron chi connectivity index (χ1n) is 7.53. The Labute approximate surface area is 119 Å². The Morgan fingerprint density at radius 1 is 0.750 bits per heavy atom. The van der Waals surface area contributed by atoms with E-state index in [1.165, 1.54) is 35.1 Å². The average Bonchev–Trinajstić information content (AvgIpc) is 2.93. The largest absolute Gasteiger partial charge is 0.0769 e. The topological polar surface area (TPSA) is 0 Å². The fourth-order valence-corrected chi connectivity index (χ4v) is 4.17. The van der Waals surface area contributed by atoms with Crippen LogP contribution in [-0.2, 0) is 0 Å². The highest BCUT2D eigenvalue weighted by Crippen LogP contribution is 2.54. The van der Waals surface area contributed by atoms with Gasteiger partial charge in [-0.2, -0.15) is 0 Å². The molecule has 20 heavy (non-hydrogen) atoms. The summed E-state index contributed by atoms with van der Waals surface area (Å²) in [5, 5.41) is 0. The Bertz CT molecular complexity index is 744. The minimum atomic E-state index is 0.506. The number of hydrogen-bond donors (Lipinski definition) is 0. The van der Waals surface area contributed by atoms with E-state index in [1.54, 1.807) is 16.7 Å². The van der Waals surface area contributed by atoms with Crippen LogP contribution in [0.2, 0.25) is 0 Å². The van der Waals surface area contributed by atoms with E-state index in [-0.39, 0.29) is 0 Å². The van der Waals surface area contributed by atoms with Gasteiger partial charge in [0.15, 0.2) is 0 Å². The van der Waals surface area contributed by atoms with E-state index < -0.39 is 0 Å². The fourth-order valence-electron chi connectivity index (χ4n) is 4.17. The SMILES string of the molecule is C1=C2CCC2=C(C2c3ccccc3-c3ccccc32)C1. The molecule has 0 amide bonds. The van der Waals surface area contributed by atoms with Crippen molar-refractivity contribution in [2.24, 2.45) is 0 Å². The lowest BCUT2D eigenvalue weighted by atomic mass is 9.80. The van der Waals surface area contributed by atoms with Crippen molar-refractivity contribution in [2.75, 3.05) is 0 Å². The predicted octanol–water partition coefficient (Wildman–Crippen LogP) is 5.22. The lowest BCUT2D eigenvalue weighted by Crippen LogP contribution is -2.07. The van der Waals surface area contributed by atoms with Crippen LogP contribution in [0, 0.1) is 0 Å². The standard InChI is InChI=1S/C20H16/c1-3-7-17-15(5-1)16-6-2-4-8-18(16)20(17)19-12-10-13-9-11-14(13)19/h1-8,10,20H,9,11-12H2. The van der Waals surface area contributed by atoms with Crippen molar-refractivity contribution < 1.29 is 0 Å². The van der Waals surface area contributed by atoms with E-state index >= 15 is 0 Å². The van der Waals surface area contributed by atoms with Gasteiger partial charge in [-0.05, 0) is 52.7 Å². The number of rotatable bonds is 1. The summed E-state index contributed by atoms with van der Waals surface area (Å²) in [5.41, 5.74) is 10.9. The first kappa shape index (κ1) is 10.7. The van der Waals surface area contributed by atoms with Gasteiger partial charge in [0, 0.05) is 5.92 Å². The fraction of sp³-hybridized carbons (Fsp3) is 0.200. The quantitative estimate of drug-likeness (QED) is 0.656. The molecule has 0 unspecified atom stereocenters. The number of hydrogen-bond acceptors (Lipinski definition) is 0. The van der Waals surface area contributed by atoms with Crippen molar-refractivity contribution in [3.05, 3.63) is 82.5 Å². The molecule has 0 radical (unpaired) electrons. The molecule has 1 saturated carbocycles. The van der Waals surface area contributed by atoms with Gasteiger partial charge in [0.05, 0.1) is 0 Å². The molecule has 3 aliphatic rings. The van der Waals surface area contributed by atoms with Crippen LogP contribution in [0.15, 0.2) is 71.3 Å². The van der Waals surface area contributed by atoms with Crippen LogP contribution in [0.3, 0.4) is 0 Å². The number of fused-ring (bicyclic) bond motifs is 4. The van der Waals surface area contributed by atoms with E-state index in [0.29, 0.717) is 5.92 Å². The van der Waals surface area contributed by atoms with Crippen molar-refractivity contribution in [1.82, 2.24) is 0 Å². The molecule has 0 atom stereocenters. The van der Waals surface area contributed by atoms with Gasteiger partial charge in [-0.1, -0.05) is 60.2 Å². The van der Waals surface area contributed by atoms with Crippen LogP contribution in [0.1, 0.15) is 36.3 Å². The maximum Gasteiger partial charge on any atom is 0.0320 e. The van der Waals surface area contributed by atoms with E-state index in [4.69, 9.17) is 0 Å². The predicted molar refractivity (Wildman–Crippen MR) is 82.7 cm³/mol. The second-order valence-corrected chi connectivity index (χ2v) is 6.04. The zero-order valence-electron chi connectivity index (χ0n) is 11.4. The summed E-state index contributed by atoms with van der Waals surface area (Å²) in [6, 6.07) is 17.9. The van der Waals surface area contributed by atoms with Crippen LogP contribution in [0.5, 0.6) is 0 Å². The van der Waals surface area contributed by atoms with Gasteiger partial charge in [-0.3, -0.25) is 0 Å². The first-order valence-corrected chi connectivity index (χ1v) is 7.53. The molecule has 0 aliphatic heterocycles. The van der Waals surface area contributed by atoms with Gasteiger partial charge in [0.1, 0.15) is 0 Å². The van der Waals surface area contributed by atoms with Gasteiger partial charge in [0.25, 0.3) is 0 Å². The lowest BCUT2D eigenvalue weighted by molar-refractivity contribution is 0.803. The molecule has 3 aliphatic carbocycles. The third kappa shape index (κ3) is 1.22. The highest BCUT2D eigenvalue weighted by Gasteiger charge is 2.35. The smallest absolute Gasteiger partial charge is 0.0320 e. The van der Waals surface area contributed by atoms with Gasteiger partial charge in [-0.15, -0.1) is 0 Å². The zero-order chi connectivity index (χ0) is 13.1. The van der Waals surface area contributed by atoms with Crippen molar-refractivity contribution in [3.8, 4) is 11.1 Å². The van der Waals surface area contributed by atoms with Crippen molar-refractivity contribution in [2.45, 2.75) is 25.2 Å². The molecule has 0 heterocycles. The molecule has 0 heteroatoms. The van der Waals surface area contributed by atoms with Crippen LogP contribution < -0.4 is 0 Å². The van der Waals surface area contributed by atoms with E-state index in [2.05, 4.69) is 54.6 Å². The Morgan fingerprint density at radius 3 is 1.95 bits per heavy atom. The number of benzene rings is 2. The monoisotopic (exact) mass is 256 g/mol. The van der Waals surface area contributed by atoms with Crippen molar-refractivity contribution >= 4 is 0 Å². The molecule has 0 aromatic heterocycles. The van der Waals surface area contributed by atoms with Gasteiger partial charge >= 0.3 is 0 Å². The van der Waals surface area contributed by atoms with E-state index in [9.17, 15) is 0 Å². The Hall–Kier alpha value is -2.08. The summed E-state index contributed by atoms with van der Waals surface area (Å²) in [7, 11) is 0. The second kappa shape index (κ2) is 3.73. The molecular formula is C20H16. The summed E-state index contributed by atoms with van der Waals surface area (Å²) < 4.78 is 0. The summed E-state index contributed by atoms with van der Waals surface area (Å²) in [6.07, 6.45) is 6.21. The lowest BCUT2D eigenvalue weighted by Gasteiger charge is -2.24. The maximum absolute atomic E-state index is 2.46. The van der Waals surface area contributed by atoms with Crippen molar-refractivity contribution in [3.63, 3.8) is 0 Å². The zero-order valence-corrected chi connectivity index (χ0v) is 11.4. The normalized spacial score (nSPS) is 19.3. The third-order valence-electron chi connectivity index (χ3n) is 5.17. The minimum absolute atomic E-state index is 0.506. The molecule has 0 spiro atoms. The average molecular weight is 256 g/mol. The molecule has 96 valence electrons. The van der Waals surface area contributed by atoms with Crippen LogP contribution >= 0.6 is 0 Å².